The number of H-pyrrole nitrogens is 2. The van der Waals surface area contributed by atoms with Gasteiger partial charge in [0.15, 0.2) is 0 Å². The summed E-state index contributed by atoms with van der Waals surface area (Å²) in [5.74, 6) is 0. The Hall–Kier alpha value is -4.32. The van der Waals surface area contributed by atoms with Gasteiger partial charge in [0.2, 0.25) is 0 Å². The lowest BCUT2D eigenvalue weighted by molar-refractivity contribution is 1.11. The molecule has 5 aromatic heterocycles. The molecule has 0 aliphatic carbocycles. The van der Waals surface area contributed by atoms with Crippen LogP contribution in [0.1, 0.15) is 26.0 Å². The lowest BCUT2D eigenvalue weighted by Crippen LogP contribution is -1.89. The van der Waals surface area contributed by atoms with E-state index in [0.717, 1.165) is 62.1 Å². The molecule has 6 heteroatoms. The largest absolute Gasteiger partial charge is 0.338 e. The fraction of sp³-hybridized carbons (Fsp3) is 0.111. The van der Waals surface area contributed by atoms with E-state index in [9.17, 15) is 0 Å². The number of nitrogens with zero attached hydrogens (tertiary/aromatic N) is 4. The zero-order valence-corrected chi connectivity index (χ0v) is 18.6. The van der Waals surface area contributed by atoms with E-state index < -0.39 is 0 Å². The molecular weight excluding hydrogens is 408 g/mol. The highest BCUT2D eigenvalue weighted by Crippen LogP contribution is 2.33. The van der Waals surface area contributed by atoms with Gasteiger partial charge in [0.1, 0.15) is 11.3 Å². The lowest BCUT2D eigenvalue weighted by atomic mass is 10.0. The Labute approximate surface area is 191 Å². The van der Waals surface area contributed by atoms with Crippen LogP contribution in [0.25, 0.3) is 50.0 Å². The monoisotopic (exact) mass is 432 g/mol. The minimum atomic E-state index is 0.820. The van der Waals surface area contributed by atoms with Gasteiger partial charge >= 0.3 is 0 Å². The van der Waals surface area contributed by atoms with Crippen LogP contribution < -0.4 is 0 Å². The summed E-state index contributed by atoms with van der Waals surface area (Å²) in [6.45, 7) is 8.06. The first kappa shape index (κ1) is 20.6. The maximum absolute atomic E-state index is 4.66. The van der Waals surface area contributed by atoms with Crippen LogP contribution in [-0.4, -0.2) is 30.1 Å². The van der Waals surface area contributed by atoms with Crippen molar-refractivity contribution in [2.45, 2.75) is 20.3 Å². The van der Waals surface area contributed by atoms with Crippen LogP contribution in [0.2, 0.25) is 0 Å². The zero-order chi connectivity index (χ0) is 22.8. The molecular formula is C27H24N6. The van der Waals surface area contributed by atoms with Gasteiger partial charge in [-0.05, 0) is 72.0 Å². The number of nitrogens with one attached hydrogen (secondary N) is 2. The molecule has 0 aromatic carbocycles. The number of hydrogen-bond acceptors (Lipinski definition) is 4. The van der Waals surface area contributed by atoms with Gasteiger partial charge in [-0.1, -0.05) is 25.7 Å². The van der Waals surface area contributed by atoms with E-state index in [-0.39, 0.29) is 0 Å². The average Bonchev–Trinajstić information content (AvgIpc) is 3.49. The molecule has 33 heavy (non-hydrogen) atoms. The summed E-state index contributed by atoms with van der Waals surface area (Å²) in [5, 5.41) is 9.75. The molecule has 0 aliphatic rings. The van der Waals surface area contributed by atoms with Gasteiger partial charge in [-0.15, -0.1) is 0 Å². The summed E-state index contributed by atoms with van der Waals surface area (Å²) in [4.78, 5) is 16.8. The molecule has 0 unspecified atom stereocenters. The van der Waals surface area contributed by atoms with Crippen molar-refractivity contribution in [3.63, 3.8) is 0 Å². The molecule has 0 fully saturated rings. The molecule has 0 spiro atoms. The van der Waals surface area contributed by atoms with Crippen molar-refractivity contribution in [1.82, 2.24) is 30.1 Å². The number of allylic oxidation sites excluding steroid dienone is 5. The van der Waals surface area contributed by atoms with E-state index in [1.807, 2.05) is 43.6 Å². The fourth-order valence-corrected chi connectivity index (χ4v) is 4.03. The van der Waals surface area contributed by atoms with Gasteiger partial charge in [-0.25, -0.2) is 4.98 Å². The van der Waals surface area contributed by atoms with E-state index in [1.54, 1.807) is 12.4 Å². The standard InChI is InChI=1S/C27H24N6/c1-4-17(5-2)13-18(6-3)23-15-22-25(16-30-23)32-33-26(22)24-14-21-20(9-12-29-27(21)31-24)19-7-10-28-11-8-19/h4,6-16H,1,5H2,2-3H3,(H,29,31)(H,32,33)/b17-13+,18-6+. The Kier molecular flexibility index (Phi) is 5.40. The third-order valence-electron chi connectivity index (χ3n) is 5.84. The average molecular weight is 433 g/mol. The summed E-state index contributed by atoms with van der Waals surface area (Å²) in [7, 11) is 0. The van der Waals surface area contributed by atoms with E-state index in [1.165, 1.54) is 5.57 Å². The summed E-state index contributed by atoms with van der Waals surface area (Å²) in [5.41, 5.74) is 8.76. The highest BCUT2D eigenvalue weighted by atomic mass is 15.1. The SMILES string of the molecule is C=C/C(=C\C(=C/C)c1cc2c(-c3cc4c(-c5ccncc5)ccnc4[nH]3)n[nH]c2cn1)CC. The van der Waals surface area contributed by atoms with Gasteiger partial charge in [-0.2, -0.15) is 5.10 Å². The third-order valence-corrected chi connectivity index (χ3v) is 5.84. The van der Waals surface area contributed by atoms with Gasteiger partial charge in [0.25, 0.3) is 0 Å². The molecule has 0 aliphatic heterocycles. The molecule has 0 atom stereocenters. The van der Waals surface area contributed by atoms with Crippen molar-refractivity contribution in [1.29, 1.82) is 0 Å². The minimum Gasteiger partial charge on any atom is -0.338 e. The van der Waals surface area contributed by atoms with Crippen LogP contribution in [0.4, 0.5) is 0 Å². The first-order valence-electron chi connectivity index (χ1n) is 10.9. The van der Waals surface area contributed by atoms with Crippen molar-refractivity contribution in [3.8, 4) is 22.5 Å². The summed E-state index contributed by atoms with van der Waals surface area (Å²) < 4.78 is 0. The van der Waals surface area contributed by atoms with Crippen LogP contribution in [0.5, 0.6) is 0 Å². The van der Waals surface area contributed by atoms with Crippen LogP contribution in [-0.2, 0) is 0 Å². The molecule has 5 aromatic rings. The number of aromatic nitrogens is 6. The Morgan fingerprint density at radius 1 is 1.06 bits per heavy atom. The van der Waals surface area contributed by atoms with Crippen molar-refractivity contribution < 1.29 is 0 Å². The van der Waals surface area contributed by atoms with E-state index in [0.29, 0.717) is 0 Å². The first-order chi connectivity index (χ1) is 16.2. The quantitative estimate of drug-likeness (QED) is 0.300. The fourth-order valence-electron chi connectivity index (χ4n) is 4.03. The minimum absolute atomic E-state index is 0.820. The van der Waals surface area contributed by atoms with Gasteiger partial charge in [-0.3, -0.25) is 15.1 Å². The van der Waals surface area contributed by atoms with Crippen LogP contribution in [0, 0.1) is 0 Å². The molecule has 2 N–H and O–H groups in total. The highest BCUT2D eigenvalue weighted by molar-refractivity contribution is 6.00. The molecule has 0 saturated heterocycles. The third kappa shape index (κ3) is 3.76. The second-order valence-corrected chi connectivity index (χ2v) is 7.75. The second-order valence-electron chi connectivity index (χ2n) is 7.75. The number of aromatic amines is 2. The Morgan fingerprint density at radius 2 is 1.91 bits per heavy atom. The number of rotatable bonds is 6. The van der Waals surface area contributed by atoms with E-state index in [4.69, 9.17) is 0 Å². The van der Waals surface area contributed by atoms with Crippen molar-refractivity contribution >= 4 is 27.5 Å². The molecule has 162 valence electrons. The van der Waals surface area contributed by atoms with Crippen molar-refractivity contribution in [3.05, 3.63) is 91.2 Å². The smallest absolute Gasteiger partial charge is 0.138 e. The van der Waals surface area contributed by atoms with Gasteiger partial charge < -0.3 is 4.98 Å². The van der Waals surface area contributed by atoms with Gasteiger partial charge in [0, 0.05) is 29.4 Å². The predicted octanol–water partition coefficient (Wildman–Crippen LogP) is 6.49. The van der Waals surface area contributed by atoms with Crippen molar-refractivity contribution in [2.75, 3.05) is 0 Å². The molecule has 6 nitrogen and oxygen atoms in total. The van der Waals surface area contributed by atoms with Crippen molar-refractivity contribution in [2.24, 2.45) is 0 Å². The van der Waals surface area contributed by atoms with E-state index >= 15 is 0 Å². The normalized spacial score (nSPS) is 12.5. The molecule has 0 bridgehead atoms. The Bertz CT molecular complexity index is 1520. The predicted molar refractivity (Wildman–Crippen MR) is 134 cm³/mol. The summed E-state index contributed by atoms with van der Waals surface area (Å²) in [6.07, 6.45) is 14.3. The summed E-state index contributed by atoms with van der Waals surface area (Å²) in [6, 6.07) is 10.2. The lowest BCUT2D eigenvalue weighted by Gasteiger charge is -2.04. The number of hydrogen-bond donors (Lipinski definition) is 2. The Balaban J connectivity index is 1.63. The highest BCUT2D eigenvalue weighted by Gasteiger charge is 2.15. The Morgan fingerprint density at radius 3 is 2.67 bits per heavy atom. The maximum atomic E-state index is 4.66. The zero-order valence-electron chi connectivity index (χ0n) is 18.6. The molecule has 0 amide bonds. The molecule has 0 saturated carbocycles. The second kappa shape index (κ2) is 8.67. The molecule has 5 rings (SSSR count). The number of fused-ring (bicyclic) bond motifs is 2. The van der Waals surface area contributed by atoms with E-state index in [2.05, 4.69) is 67.9 Å². The van der Waals surface area contributed by atoms with Gasteiger partial charge in [0.05, 0.1) is 23.1 Å². The van der Waals surface area contributed by atoms with Crippen LogP contribution in [0.3, 0.4) is 0 Å². The maximum Gasteiger partial charge on any atom is 0.138 e. The van der Waals surface area contributed by atoms with Crippen LogP contribution >= 0.6 is 0 Å². The summed E-state index contributed by atoms with van der Waals surface area (Å²) >= 11 is 0. The molecule has 5 heterocycles. The first-order valence-corrected chi connectivity index (χ1v) is 10.9. The van der Waals surface area contributed by atoms with Crippen LogP contribution in [0.15, 0.2) is 85.5 Å². The number of pyridine rings is 3. The topological polar surface area (TPSA) is 83.1 Å². The molecule has 0 radical (unpaired) electrons.